The zero-order chi connectivity index (χ0) is 30.6. The van der Waals surface area contributed by atoms with Crippen molar-refractivity contribution in [1.29, 1.82) is 0 Å². The Bertz CT molecular complexity index is 1240. The topological polar surface area (TPSA) is 243 Å². The molecule has 0 radical (unpaired) electrons. The van der Waals surface area contributed by atoms with Crippen LogP contribution in [0.1, 0.15) is 57.4 Å². The van der Waals surface area contributed by atoms with E-state index in [4.69, 9.17) is 22.9 Å². The third-order valence-corrected chi connectivity index (χ3v) is 7.21. The first kappa shape index (κ1) is 31.8. The van der Waals surface area contributed by atoms with E-state index in [1.54, 1.807) is 6.92 Å². The molecule has 2 aromatic rings. The van der Waals surface area contributed by atoms with Gasteiger partial charge in [-0.2, -0.15) is 4.68 Å². The van der Waals surface area contributed by atoms with Crippen molar-refractivity contribution in [2.24, 2.45) is 22.2 Å². The smallest absolute Gasteiger partial charge is 0.347 e. The molecule has 0 unspecified atom stereocenters. The standard InChI is InChI=1S/C27H41N11O4/c1-17(38(19-11-6-3-7-12-19)27(42)37-16-22(28)35-36-37)24(40)33-20(13-8-14-32-26(30)31)25(41)34-21(23(29)39)15-18-9-4-2-5-10-18/h2,4-5,9-10,16-17,19-21H,3,6-8,11-15,28H2,1H3,(H2,29,39)(H,33,40)(H,34,41)(H4,30,31,32)/t17-,20-,21-/m0/s1. The summed E-state index contributed by atoms with van der Waals surface area (Å²) in [6, 6.07) is 5.32. The quantitative estimate of drug-likeness (QED) is 0.102. The van der Waals surface area contributed by atoms with Gasteiger partial charge in [-0.3, -0.25) is 19.4 Å². The number of benzene rings is 1. The molecule has 0 saturated heterocycles. The molecule has 0 spiro atoms. The summed E-state index contributed by atoms with van der Waals surface area (Å²) in [4.78, 5) is 58.1. The zero-order valence-corrected chi connectivity index (χ0v) is 23.8. The summed E-state index contributed by atoms with van der Waals surface area (Å²) in [5.41, 5.74) is 22.9. The lowest BCUT2D eigenvalue weighted by atomic mass is 9.93. The molecule has 1 aliphatic rings. The molecule has 15 nitrogen and oxygen atoms in total. The Morgan fingerprint density at radius 2 is 1.69 bits per heavy atom. The molecule has 10 N–H and O–H groups in total. The zero-order valence-electron chi connectivity index (χ0n) is 23.8. The fraction of sp³-hybridized carbons (Fsp3) is 0.519. The van der Waals surface area contributed by atoms with Crippen molar-refractivity contribution < 1.29 is 19.2 Å². The van der Waals surface area contributed by atoms with Crippen LogP contribution in [0.4, 0.5) is 10.6 Å². The number of nitrogens with one attached hydrogen (secondary N) is 2. The molecule has 1 aromatic heterocycles. The lowest BCUT2D eigenvalue weighted by Crippen LogP contribution is -2.58. The first-order valence-electron chi connectivity index (χ1n) is 14.1. The van der Waals surface area contributed by atoms with Crippen LogP contribution in [0.15, 0.2) is 41.5 Å². The number of hydrogen-bond donors (Lipinski definition) is 6. The largest absolute Gasteiger partial charge is 0.381 e. The van der Waals surface area contributed by atoms with Crippen molar-refractivity contribution in [3.05, 3.63) is 42.1 Å². The van der Waals surface area contributed by atoms with Crippen molar-refractivity contribution in [3.63, 3.8) is 0 Å². The third kappa shape index (κ3) is 9.17. The summed E-state index contributed by atoms with van der Waals surface area (Å²) in [5, 5.41) is 12.9. The molecular weight excluding hydrogens is 542 g/mol. The minimum Gasteiger partial charge on any atom is -0.381 e. The maximum atomic E-state index is 13.6. The molecule has 4 amide bonds. The van der Waals surface area contributed by atoms with Gasteiger partial charge in [-0.1, -0.05) is 54.8 Å². The van der Waals surface area contributed by atoms with E-state index in [2.05, 4.69) is 25.9 Å². The summed E-state index contributed by atoms with van der Waals surface area (Å²) in [6.45, 7) is 1.82. The highest BCUT2D eigenvalue weighted by atomic mass is 16.2. The van der Waals surface area contributed by atoms with Crippen LogP contribution in [0.5, 0.6) is 0 Å². The van der Waals surface area contributed by atoms with E-state index in [-0.39, 0.29) is 37.2 Å². The van der Waals surface area contributed by atoms with E-state index in [1.165, 1.54) is 11.1 Å². The van der Waals surface area contributed by atoms with Gasteiger partial charge in [0.15, 0.2) is 11.8 Å². The molecule has 0 bridgehead atoms. The number of amides is 4. The average Bonchev–Trinajstić information content (AvgIpc) is 3.41. The van der Waals surface area contributed by atoms with Crippen LogP contribution in [0.2, 0.25) is 0 Å². The molecule has 42 heavy (non-hydrogen) atoms. The molecule has 228 valence electrons. The van der Waals surface area contributed by atoms with Gasteiger partial charge in [0.05, 0.1) is 6.20 Å². The Kier molecular flexibility index (Phi) is 11.6. The number of nitrogens with zero attached hydrogens (tertiary/aromatic N) is 5. The Morgan fingerprint density at radius 3 is 2.29 bits per heavy atom. The maximum absolute atomic E-state index is 13.6. The van der Waals surface area contributed by atoms with E-state index < -0.39 is 41.9 Å². The van der Waals surface area contributed by atoms with Gasteiger partial charge in [-0.25, -0.2) is 4.79 Å². The van der Waals surface area contributed by atoms with Crippen molar-refractivity contribution in [1.82, 2.24) is 30.5 Å². The number of nitrogens with two attached hydrogens (primary N) is 4. The number of primary amides is 1. The minimum absolute atomic E-state index is 0.0704. The third-order valence-electron chi connectivity index (χ3n) is 7.21. The number of carbonyl (C=O) groups is 4. The number of guanidine groups is 1. The molecular formula is C27H41N11O4. The summed E-state index contributed by atoms with van der Waals surface area (Å²) in [7, 11) is 0. The number of hydrogen-bond acceptors (Lipinski definition) is 8. The predicted octanol–water partition coefficient (Wildman–Crippen LogP) is -0.397. The molecule has 3 atom stereocenters. The highest BCUT2D eigenvalue weighted by molar-refractivity contribution is 5.94. The Labute approximate surface area is 244 Å². The fourth-order valence-electron chi connectivity index (χ4n) is 5.02. The van der Waals surface area contributed by atoms with Gasteiger partial charge in [0.1, 0.15) is 18.1 Å². The number of aromatic nitrogens is 3. The molecule has 1 heterocycles. The molecule has 1 saturated carbocycles. The summed E-state index contributed by atoms with van der Waals surface area (Å²) in [6.07, 6.45) is 6.28. The number of carbonyl (C=O) groups excluding carboxylic acids is 4. The monoisotopic (exact) mass is 583 g/mol. The Hall–Kier alpha value is -4.69. The van der Waals surface area contributed by atoms with E-state index in [9.17, 15) is 19.2 Å². The van der Waals surface area contributed by atoms with Gasteiger partial charge in [-0.05, 0) is 38.2 Å². The van der Waals surface area contributed by atoms with Crippen molar-refractivity contribution in [2.75, 3.05) is 12.3 Å². The predicted molar refractivity (Wildman–Crippen MR) is 157 cm³/mol. The van der Waals surface area contributed by atoms with Crippen molar-refractivity contribution in [3.8, 4) is 0 Å². The number of aliphatic imine (C=N–C) groups is 1. The highest BCUT2D eigenvalue weighted by Crippen LogP contribution is 2.25. The summed E-state index contributed by atoms with van der Waals surface area (Å²) in [5.74, 6) is -1.89. The molecule has 1 aliphatic carbocycles. The first-order chi connectivity index (χ1) is 20.1. The van der Waals surface area contributed by atoms with E-state index in [0.717, 1.165) is 42.3 Å². The van der Waals surface area contributed by atoms with Gasteiger partial charge in [0, 0.05) is 19.0 Å². The molecule has 15 heteroatoms. The number of nitrogen functional groups attached to an aromatic ring is 1. The van der Waals surface area contributed by atoms with Crippen LogP contribution in [0.3, 0.4) is 0 Å². The first-order valence-corrected chi connectivity index (χ1v) is 14.1. The second-order valence-corrected chi connectivity index (χ2v) is 10.4. The lowest BCUT2D eigenvalue weighted by molar-refractivity contribution is -0.133. The molecule has 3 rings (SSSR count). The van der Waals surface area contributed by atoms with E-state index in [1.807, 2.05) is 30.3 Å². The second-order valence-electron chi connectivity index (χ2n) is 10.4. The molecule has 1 aromatic carbocycles. The van der Waals surface area contributed by atoms with Crippen LogP contribution < -0.4 is 33.6 Å². The SMILES string of the molecule is C[C@@H](C(=O)N[C@@H](CCCN=C(N)N)C(=O)N[C@@H](Cc1ccccc1)C(N)=O)N(C(=O)n1cc(N)nn1)C1CCCCC1. The molecule has 0 aliphatic heterocycles. The van der Waals surface area contributed by atoms with Gasteiger partial charge in [0.25, 0.3) is 0 Å². The normalized spacial score (nSPS) is 15.5. The van der Waals surface area contributed by atoms with Crippen LogP contribution in [-0.2, 0) is 20.8 Å². The van der Waals surface area contributed by atoms with Crippen LogP contribution in [0.25, 0.3) is 0 Å². The summed E-state index contributed by atoms with van der Waals surface area (Å²) >= 11 is 0. The van der Waals surface area contributed by atoms with Crippen LogP contribution in [0, 0.1) is 0 Å². The Balaban J connectivity index is 1.79. The van der Waals surface area contributed by atoms with Crippen molar-refractivity contribution in [2.45, 2.75) is 82.5 Å². The average molecular weight is 584 g/mol. The molecule has 1 fully saturated rings. The van der Waals surface area contributed by atoms with E-state index in [0.29, 0.717) is 6.42 Å². The highest BCUT2D eigenvalue weighted by Gasteiger charge is 2.36. The van der Waals surface area contributed by atoms with Crippen LogP contribution in [-0.4, -0.2) is 80.3 Å². The van der Waals surface area contributed by atoms with Gasteiger partial charge >= 0.3 is 6.03 Å². The number of anilines is 1. The van der Waals surface area contributed by atoms with Gasteiger partial charge < -0.3 is 38.5 Å². The Morgan fingerprint density at radius 1 is 1.02 bits per heavy atom. The maximum Gasteiger partial charge on any atom is 0.347 e. The van der Waals surface area contributed by atoms with E-state index >= 15 is 0 Å². The summed E-state index contributed by atoms with van der Waals surface area (Å²) < 4.78 is 1.01. The van der Waals surface area contributed by atoms with Crippen molar-refractivity contribution >= 4 is 35.5 Å². The van der Waals surface area contributed by atoms with Gasteiger partial charge in [0.2, 0.25) is 17.7 Å². The lowest BCUT2D eigenvalue weighted by Gasteiger charge is -2.37. The second kappa shape index (κ2) is 15.3. The fourth-order valence-corrected chi connectivity index (χ4v) is 5.02. The van der Waals surface area contributed by atoms with Gasteiger partial charge in [-0.15, -0.1) is 5.10 Å². The minimum atomic E-state index is -1.06. The van der Waals surface area contributed by atoms with Crippen LogP contribution >= 0.6 is 0 Å². The number of rotatable bonds is 13.